The Bertz CT molecular complexity index is 1170. The van der Waals surface area contributed by atoms with Crippen molar-refractivity contribution in [1.29, 1.82) is 0 Å². The number of carbonyl (C=O) groups is 1. The number of hydrogen-bond donors (Lipinski definition) is 2. The summed E-state index contributed by atoms with van der Waals surface area (Å²) < 4.78 is 28.3. The number of halogens is 1. The highest BCUT2D eigenvalue weighted by molar-refractivity contribution is 7.92. The van der Waals surface area contributed by atoms with Gasteiger partial charge in [0.25, 0.3) is 15.9 Å². The maximum absolute atomic E-state index is 13.0. The first-order chi connectivity index (χ1) is 13.6. The van der Waals surface area contributed by atoms with E-state index in [1.165, 1.54) is 55.3 Å². The zero-order chi connectivity index (χ0) is 21.3. The molecule has 3 rings (SSSR count). The van der Waals surface area contributed by atoms with Crippen molar-refractivity contribution in [2.75, 3.05) is 16.7 Å². The molecule has 1 amide bonds. The zero-order valence-corrected chi connectivity index (χ0v) is 17.5. The van der Waals surface area contributed by atoms with Gasteiger partial charge in [-0.2, -0.15) is 5.10 Å². The van der Waals surface area contributed by atoms with Gasteiger partial charge in [0.1, 0.15) is 11.3 Å². The highest BCUT2D eigenvalue weighted by Crippen LogP contribution is 2.29. The van der Waals surface area contributed by atoms with Gasteiger partial charge in [0, 0.05) is 19.1 Å². The number of anilines is 2. The molecule has 152 valence electrons. The summed E-state index contributed by atoms with van der Waals surface area (Å²) in [5, 5.41) is 16.8. The van der Waals surface area contributed by atoms with Gasteiger partial charge < -0.3 is 10.4 Å². The van der Waals surface area contributed by atoms with Gasteiger partial charge >= 0.3 is 0 Å². The molecule has 0 aliphatic rings. The van der Waals surface area contributed by atoms with Crippen LogP contribution in [0, 0.1) is 6.92 Å². The van der Waals surface area contributed by atoms with Crippen LogP contribution in [-0.2, 0) is 17.1 Å². The number of aromatic hydroxyl groups is 1. The number of sulfonamides is 1. The third kappa shape index (κ3) is 4.06. The second-order valence-electron chi connectivity index (χ2n) is 6.41. The molecule has 0 aliphatic heterocycles. The Morgan fingerprint density at radius 1 is 1.21 bits per heavy atom. The Morgan fingerprint density at radius 2 is 1.86 bits per heavy atom. The number of aromatic nitrogens is 2. The Kier molecular flexibility index (Phi) is 5.54. The molecule has 2 N–H and O–H groups in total. The van der Waals surface area contributed by atoms with Gasteiger partial charge in [0.15, 0.2) is 5.82 Å². The maximum atomic E-state index is 13.0. The van der Waals surface area contributed by atoms with Gasteiger partial charge in [-0.3, -0.25) is 13.8 Å². The molecule has 0 aliphatic carbocycles. The van der Waals surface area contributed by atoms with Crippen molar-refractivity contribution in [3.63, 3.8) is 0 Å². The average Bonchev–Trinajstić information content (AvgIpc) is 3.05. The molecule has 0 saturated carbocycles. The molecule has 1 aromatic heterocycles. The molecule has 1 heterocycles. The first kappa shape index (κ1) is 20.7. The highest BCUT2D eigenvalue weighted by Gasteiger charge is 2.28. The maximum Gasteiger partial charge on any atom is 0.265 e. The molecular formula is C19H19ClN4O4S. The summed E-state index contributed by atoms with van der Waals surface area (Å²) in [4.78, 5) is 12.9. The van der Waals surface area contributed by atoms with Crippen molar-refractivity contribution in [1.82, 2.24) is 9.78 Å². The molecule has 0 atom stereocenters. The van der Waals surface area contributed by atoms with Gasteiger partial charge in [-0.1, -0.05) is 29.3 Å². The van der Waals surface area contributed by atoms with Crippen LogP contribution in [0.2, 0.25) is 5.02 Å². The molecule has 2 aromatic carbocycles. The van der Waals surface area contributed by atoms with Gasteiger partial charge in [-0.05, 0) is 37.3 Å². The van der Waals surface area contributed by atoms with Crippen LogP contribution < -0.4 is 9.62 Å². The van der Waals surface area contributed by atoms with E-state index in [0.29, 0.717) is 5.02 Å². The van der Waals surface area contributed by atoms with E-state index < -0.39 is 15.9 Å². The number of aryl methyl sites for hydroxylation is 2. The molecule has 8 nitrogen and oxygen atoms in total. The Labute approximate surface area is 173 Å². The summed E-state index contributed by atoms with van der Waals surface area (Å²) in [7, 11) is -1.04. The fraction of sp³-hybridized carbons (Fsp3) is 0.158. The van der Waals surface area contributed by atoms with Gasteiger partial charge in [0.05, 0.1) is 16.8 Å². The standard InChI is InChI=1S/C19H19ClN4O4S/c1-12-4-7-14(8-5-12)29(27,28)24(3)19-15(11-21-23(19)2)18(26)22-16-10-13(20)6-9-17(16)25/h4-11,25H,1-3H3,(H,22,26). The Hall–Kier alpha value is -3.04. The lowest BCUT2D eigenvalue weighted by molar-refractivity contribution is 0.102. The van der Waals surface area contributed by atoms with E-state index in [-0.39, 0.29) is 27.7 Å². The number of hydrogen-bond acceptors (Lipinski definition) is 5. The van der Waals surface area contributed by atoms with Crippen molar-refractivity contribution in [2.24, 2.45) is 7.05 Å². The molecule has 0 bridgehead atoms. The molecule has 10 heteroatoms. The normalized spacial score (nSPS) is 11.3. The van der Waals surface area contributed by atoms with Gasteiger partial charge in [-0.25, -0.2) is 8.42 Å². The minimum absolute atomic E-state index is 0.0186. The Morgan fingerprint density at radius 3 is 2.52 bits per heavy atom. The number of phenolic OH excluding ortho intramolecular Hbond substituents is 1. The number of phenols is 1. The topological polar surface area (TPSA) is 105 Å². The van der Waals surface area contributed by atoms with Crippen molar-refractivity contribution in [3.8, 4) is 5.75 Å². The second-order valence-corrected chi connectivity index (χ2v) is 8.81. The number of amides is 1. The van der Waals surface area contributed by atoms with Crippen LogP contribution in [0.25, 0.3) is 0 Å². The zero-order valence-electron chi connectivity index (χ0n) is 15.9. The van der Waals surface area contributed by atoms with Crippen LogP contribution in [0.1, 0.15) is 15.9 Å². The summed E-state index contributed by atoms with van der Waals surface area (Å²) in [5.41, 5.74) is 1.04. The second kappa shape index (κ2) is 7.76. The molecule has 0 radical (unpaired) electrons. The van der Waals surface area contributed by atoms with Crippen LogP contribution in [0.3, 0.4) is 0 Å². The molecule has 29 heavy (non-hydrogen) atoms. The lowest BCUT2D eigenvalue weighted by Crippen LogP contribution is -2.30. The number of rotatable bonds is 5. The van der Waals surface area contributed by atoms with E-state index in [2.05, 4.69) is 10.4 Å². The molecule has 0 saturated heterocycles. The molecular weight excluding hydrogens is 416 g/mol. The van der Waals surface area contributed by atoms with Crippen LogP contribution in [0.5, 0.6) is 5.75 Å². The monoisotopic (exact) mass is 434 g/mol. The lowest BCUT2D eigenvalue weighted by Gasteiger charge is -2.21. The summed E-state index contributed by atoms with van der Waals surface area (Å²) in [6.45, 7) is 1.86. The summed E-state index contributed by atoms with van der Waals surface area (Å²) in [6, 6.07) is 10.6. The van der Waals surface area contributed by atoms with E-state index in [1.54, 1.807) is 12.1 Å². The highest BCUT2D eigenvalue weighted by atomic mass is 35.5. The first-order valence-corrected chi connectivity index (χ1v) is 10.3. The summed E-state index contributed by atoms with van der Waals surface area (Å²) in [6.07, 6.45) is 1.26. The smallest absolute Gasteiger partial charge is 0.265 e. The van der Waals surface area contributed by atoms with Crippen molar-refractivity contribution >= 4 is 39.0 Å². The third-order valence-corrected chi connectivity index (χ3v) is 6.33. The van der Waals surface area contributed by atoms with E-state index in [4.69, 9.17) is 11.6 Å². The van der Waals surface area contributed by atoms with Crippen LogP contribution in [0.15, 0.2) is 53.6 Å². The first-order valence-electron chi connectivity index (χ1n) is 8.48. The summed E-state index contributed by atoms with van der Waals surface area (Å²) >= 11 is 5.90. The third-order valence-electron chi connectivity index (χ3n) is 4.34. The molecule has 0 unspecified atom stereocenters. The van der Waals surface area contributed by atoms with E-state index >= 15 is 0 Å². The summed E-state index contributed by atoms with van der Waals surface area (Å²) in [5.74, 6) is -0.741. The average molecular weight is 435 g/mol. The van der Waals surface area contributed by atoms with Gasteiger partial charge in [0.2, 0.25) is 0 Å². The van der Waals surface area contributed by atoms with Crippen molar-refractivity contribution in [2.45, 2.75) is 11.8 Å². The number of nitrogens with one attached hydrogen (secondary N) is 1. The van der Waals surface area contributed by atoms with Crippen molar-refractivity contribution < 1.29 is 18.3 Å². The minimum Gasteiger partial charge on any atom is -0.506 e. The van der Waals surface area contributed by atoms with E-state index in [0.717, 1.165) is 9.87 Å². The minimum atomic E-state index is -3.92. The van der Waals surface area contributed by atoms with Gasteiger partial charge in [-0.15, -0.1) is 0 Å². The SMILES string of the molecule is Cc1ccc(S(=O)(=O)N(C)c2c(C(=O)Nc3cc(Cl)ccc3O)cnn2C)cc1. The fourth-order valence-electron chi connectivity index (χ4n) is 2.74. The van der Waals surface area contributed by atoms with Crippen molar-refractivity contribution in [3.05, 3.63) is 64.8 Å². The van der Waals surface area contributed by atoms with Crippen LogP contribution in [0.4, 0.5) is 11.5 Å². The largest absolute Gasteiger partial charge is 0.506 e. The van der Waals surface area contributed by atoms with Crippen LogP contribution >= 0.6 is 11.6 Å². The number of carbonyl (C=O) groups excluding carboxylic acids is 1. The number of nitrogens with zero attached hydrogens (tertiary/aromatic N) is 3. The molecule has 0 spiro atoms. The van der Waals surface area contributed by atoms with E-state index in [9.17, 15) is 18.3 Å². The quantitative estimate of drug-likeness (QED) is 0.600. The predicted molar refractivity (Wildman–Crippen MR) is 111 cm³/mol. The molecule has 3 aromatic rings. The van der Waals surface area contributed by atoms with E-state index in [1.807, 2.05) is 6.92 Å². The molecule has 0 fully saturated rings. The Balaban J connectivity index is 1.97. The van der Waals surface area contributed by atoms with Crippen LogP contribution in [-0.4, -0.2) is 36.3 Å². The lowest BCUT2D eigenvalue weighted by atomic mass is 10.2. The number of benzene rings is 2. The predicted octanol–water partition coefficient (Wildman–Crippen LogP) is 3.16. The fourth-order valence-corrected chi connectivity index (χ4v) is 4.16.